The van der Waals surface area contributed by atoms with E-state index in [1.54, 1.807) is 30.3 Å². The lowest BCUT2D eigenvalue weighted by Gasteiger charge is -2.18. The molecule has 6 nitrogen and oxygen atoms in total. The molecule has 1 unspecified atom stereocenters. The van der Waals surface area contributed by atoms with Gasteiger partial charge in [-0.1, -0.05) is 0 Å². The normalized spacial score (nSPS) is 24.6. The van der Waals surface area contributed by atoms with Gasteiger partial charge in [0.25, 0.3) is 0 Å². The Labute approximate surface area is 94.0 Å². The maximum Gasteiger partial charge on any atom is 0.242 e. The molecule has 2 rings (SSSR count). The number of hydrogen-bond acceptors (Lipinski definition) is 4. The number of hydrogen-bond donors (Lipinski definition) is 2. The smallest absolute Gasteiger partial charge is 0.242 e. The summed E-state index contributed by atoms with van der Waals surface area (Å²) >= 11 is 0. The Morgan fingerprint density at radius 1 is 1.69 bits per heavy atom. The van der Waals surface area contributed by atoms with Crippen molar-refractivity contribution in [3.63, 3.8) is 0 Å². The van der Waals surface area contributed by atoms with Gasteiger partial charge in [0.1, 0.15) is 6.54 Å². The molecule has 0 radical (unpaired) electrons. The fourth-order valence-corrected chi connectivity index (χ4v) is 1.84. The third kappa shape index (κ3) is 2.59. The molecule has 0 bridgehead atoms. The molecule has 1 aromatic rings. The molecule has 16 heavy (non-hydrogen) atoms. The summed E-state index contributed by atoms with van der Waals surface area (Å²) in [6.07, 6.45) is 3.48. The highest BCUT2D eigenvalue weighted by Gasteiger charge is 2.27. The minimum absolute atomic E-state index is 0.0422. The van der Waals surface area contributed by atoms with Gasteiger partial charge in [-0.15, -0.1) is 0 Å². The third-order valence-corrected chi connectivity index (χ3v) is 2.67. The van der Waals surface area contributed by atoms with Crippen LogP contribution in [0.4, 0.5) is 0 Å². The molecule has 2 N–H and O–H groups in total. The van der Waals surface area contributed by atoms with E-state index in [0.717, 1.165) is 13.1 Å². The summed E-state index contributed by atoms with van der Waals surface area (Å²) in [4.78, 5) is 11.7. The van der Waals surface area contributed by atoms with Crippen molar-refractivity contribution >= 4 is 5.91 Å². The highest BCUT2D eigenvalue weighted by molar-refractivity contribution is 5.76. The Morgan fingerprint density at radius 3 is 3.25 bits per heavy atom. The molecule has 1 aromatic heterocycles. The molecule has 1 fully saturated rings. The summed E-state index contributed by atoms with van der Waals surface area (Å²) in [6.45, 7) is 1.78. The van der Waals surface area contributed by atoms with Gasteiger partial charge in [-0.2, -0.15) is 5.10 Å². The van der Waals surface area contributed by atoms with Crippen LogP contribution in [0.15, 0.2) is 18.5 Å². The van der Waals surface area contributed by atoms with Crippen molar-refractivity contribution in [3.8, 4) is 0 Å². The molecule has 1 saturated heterocycles. The first-order chi connectivity index (χ1) is 7.79. The van der Waals surface area contributed by atoms with Gasteiger partial charge in [0, 0.05) is 32.6 Å². The first-order valence-corrected chi connectivity index (χ1v) is 5.30. The fourth-order valence-electron chi connectivity index (χ4n) is 1.84. The lowest BCUT2D eigenvalue weighted by molar-refractivity contribution is -0.123. The highest BCUT2D eigenvalue weighted by atomic mass is 16.5. The molecule has 0 saturated carbocycles. The van der Waals surface area contributed by atoms with Crippen molar-refractivity contribution in [2.45, 2.75) is 18.7 Å². The zero-order valence-electron chi connectivity index (χ0n) is 9.22. The molecule has 0 spiro atoms. The van der Waals surface area contributed by atoms with Gasteiger partial charge < -0.3 is 15.4 Å². The number of rotatable bonds is 4. The number of carbonyl (C=O) groups excluding carboxylic acids is 1. The largest absolute Gasteiger partial charge is 0.378 e. The van der Waals surface area contributed by atoms with E-state index in [0.29, 0.717) is 0 Å². The number of ether oxygens (including phenoxy) is 1. The van der Waals surface area contributed by atoms with Crippen LogP contribution in [0.1, 0.15) is 0 Å². The van der Waals surface area contributed by atoms with Gasteiger partial charge in [0.05, 0.1) is 12.1 Å². The van der Waals surface area contributed by atoms with Crippen molar-refractivity contribution in [1.82, 2.24) is 20.4 Å². The van der Waals surface area contributed by atoms with E-state index >= 15 is 0 Å². The molecule has 2 heterocycles. The van der Waals surface area contributed by atoms with Crippen LogP contribution < -0.4 is 10.6 Å². The summed E-state index contributed by atoms with van der Waals surface area (Å²) in [5.74, 6) is -0.0422. The van der Waals surface area contributed by atoms with E-state index in [1.807, 2.05) is 0 Å². The monoisotopic (exact) mass is 224 g/mol. The van der Waals surface area contributed by atoms with E-state index < -0.39 is 0 Å². The summed E-state index contributed by atoms with van der Waals surface area (Å²) in [5, 5.41) is 10.1. The van der Waals surface area contributed by atoms with E-state index in [4.69, 9.17) is 4.74 Å². The van der Waals surface area contributed by atoms with Crippen molar-refractivity contribution < 1.29 is 9.53 Å². The molecule has 1 aliphatic rings. The summed E-state index contributed by atoms with van der Waals surface area (Å²) in [6, 6.07) is 1.84. The van der Waals surface area contributed by atoms with Gasteiger partial charge in [-0.05, 0) is 6.07 Å². The molecule has 1 amide bonds. The summed E-state index contributed by atoms with van der Waals surface area (Å²) in [7, 11) is 1.66. The average Bonchev–Trinajstić information content (AvgIpc) is 2.88. The summed E-state index contributed by atoms with van der Waals surface area (Å²) in [5.41, 5.74) is 0. The van der Waals surface area contributed by atoms with Crippen molar-refractivity contribution in [3.05, 3.63) is 18.5 Å². The Kier molecular flexibility index (Phi) is 3.53. The molecule has 0 aliphatic carbocycles. The topological polar surface area (TPSA) is 68.2 Å². The Balaban J connectivity index is 1.83. The van der Waals surface area contributed by atoms with Crippen LogP contribution in [-0.4, -0.2) is 48.0 Å². The molecule has 88 valence electrons. The van der Waals surface area contributed by atoms with E-state index in [-0.39, 0.29) is 24.6 Å². The predicted molar refractivity (Wildman–Crippen MR) is 57.8 cm³/mol. The number of nitrogens with one attached hydrogen (secondary N) is 2. The maximum absolute atomic E-state index is 11.7. The lowest BCUT2D eigenvalue weighted by atomic mass is 10.2. The second-order valence-electron chi connectivity index (χ2n) is 3.81. The van der Waals surface area contributed by atoms with Gasteiger partial charge in [-0.25, -0.2) is 0 Å². The van der Waals surface area contributed by atoms with Gasteiger partial charge in [0.15, 0.2) is 0 Å². The molecule has 2 atom stereocenters. The molecular formula is C10H16N4O2. The Hall–Kier alpha value is -1.40. The van der Waals surface area contributed by atoms with Gasteiger partial charge in [-0.3, -0.25) is 9.48 Å². The molecule has 6 heteroatoms. The van der Waals surface area contributed by atoms with Crippen molar-refractivity contribution in [2.24, 2.45) is 0 Å². The minimum Gasteiger partial charge on any atom is -0.378 e. The van der Waals surface area contributed by atoms with Crippen molar-refractivity contribution in [2.75, 3.05) is 20.2 Å². The number of carbonyl (C=O) groups is 1. The maximum atomic E-state index is 11.7. The average molecular weight is 224 g/mol. The molecular weight excluding hydrogens is 208 g/mol. The first kappa shape index (κ1) is 11.1. The SMILES string of the molecule is CO[C@H]1CNCC1NC(=O)Cn1cccn1. The zero-order chi connectivity index (χ0) is 11.4. The van der Waals surface area contributed by atoms with E-state index in [2.05, 4.69) is 15.7 Å². The number of aromatic nitrogens is 2. The third-order valence-electron chi connectivity index (χ3n) is 2.67. The fraction of sp³-hybridized carbons (Fsp3) is 0.600. The van der Waals surface area contributed by atoms with Crippen LogP contribution in [0.2, 0.25) is 0 Å². The van der Waals surface area contributed by atoms with Crippen LogP contribution in [0.3, 0.4) is 0 Å². The quantitative estimate of drug-likeness (QED) is 0.687. The van der Waals surface area contributed by atoms with E-state index in [1.165, 1.54) is 0 Å². The lowest BCUT2D eigenvalue weighted by Crippen LogP contribution is -2.44. The standard InChI is InChI=1S/C10H16N4O2/c1-16-9-6-11-5-8(9)13-10(15)7-14-4-2-3-12-14/h2-4,8-9,11H,5-7H2,1H3,(H,13,15)/t8?,9-/m0/s1. The number of nitrogens with zero attached hydrogens (tertiary/aromatic N) is 2. The zero-order valence-corrected chi connectivity index (χ0v) is 9.22. The second kappa shape index (κ2) is 5.09. The first-order valence-electron chi connectivity index (χ1n) is 5.30. The Bertz CT molecular complexity index is 339. The molecule has 1 aliphatic heterocycles. The summed E-state index contributed by atoms with van der Waals surface area (Å²) < 4.78 is 6.86. The molecule has 0 aromatic carbocycles. The Morgan fingerprint density at radius 2 is 2.56 bits per heavy atom. The van der Waals surface area contributed by atoms with Crippen LogP contribution in [0, 0.1) is 0 Å². The minimum atomic E-state index is -0.0422. The van der Waals surface area contributed by atoms with Crippen LogP contribution in [-0.2, 0) is 16.1 Å². The van der Waals surface area contributed by atoms with Gasteiger partial charge in [0.2, 0.25) is 5.91 Å². The van der Waals surface area contributed by atoms with Crippen LogP contribution in [0.25, 0.3) is 0 Å². The van der Waals surface area contributed by atoms with Gasteiger partial charge >= 0.3 is 0 Å². The predicted octanol–water partition coefficient (Wildman–Crippen LogP) is -1.01. The van der Waals surface area contributed by atoms with Crippen molar-refractivity contribution in [1.29, 1.82) is 0 Å². The second-order valence-corrected chi connectivity index (χ2v) is 3.81. The van der Waals surface area contributed by atoms with Crippen LogP contribution >= 0.6 is 0 Å². The van der Waals surface area contributed by atoms with E-state index in [9.17, 15) is 4.79 Å². The number of methoxy groups -OCH3 is 1. The number of amides is 1. The van der Waals surface area contributed by atoms with Crippen LogP contribution in [0.5, 0.6) is 0 Å². The highest BCUT2D eigenvalue weighted by Crippen LogP contribution is 2.03.